The lowest BCUT2D eigenvalue weighted by Crippen LogP contribution is -2.31. The van der Waals surface area contributed by atoms with Gasteiger partial charge in [0.2, 0.25) is 0 Å². The van der Waals surface area contributed by atoms with Crippen LogP contribution in [0.4, 0.5) is 5.69 Å². The molecule has 0 bridgehead atoms. The Morgan fingerprint density at radius 2 is 2.05 bits per heavy atom. The minimum atomic E-state index is 0.0959. The molecule has 0 aliphatic heterocycles. The van der Waals surface area contributed by atoms with E-state index >= 15 is 0 Å². The Hall–Kier alpha value is -2.08. The molecule has 0 saturated carbocycles. The maximum atomic E-state index is 5.37. The van der Waals surface area contributed by atoms with Crippen LogP contribution in [0.25, 0.3) is 0 Å². The van der Waals surface area contributed by atoms with Gasteiger partial charge in [-0.05, 0) is 57.3 Å². The highest BCUT2D eigenvalue weighted by molar-refractivity contribution is 7.80. The lowest BCUT2D eigenvalue weighted by Gasteiger charge is -2.16. The van der Waals surface area contributed by atoms with Gasteiger partial charge in [0.1, 0.15) is 5.75 Å². The summed E-state index contributed by atoms with van der Waals surface area (Å²) in [4.78, 5) is 0. The minimum absolute atomic E-state index is 0.0959. The van der Waals surface area contributed by atoms with Gasteiger partial charge in [0.25, 0.3) is 0 Å². The minimum Gasteiger partial charge on any atom is -0.497 e. The Labute approximate surface area is 136 Å². The summed E-state index contributed by atoms with van der Waals surface area (Å²) in [5.41, 5.74) is 3.10. The third-order valence-corrected chi connectivity index (χ3v) is 3.69. The van der Waals surface area contributed by atoms with Crippen LogP contribution in [-0.2, 0) is 6.54 Å². The highest BCUT2D eigenvalue weighted by Crippen LogP contribution is 2.17. The van der Waals surface area contributed by atoms with Crippen LogP contribution in [0.15, 0.2) is 30.5 Å². The maximum absolute atomic E-state index is 5.37. The monoisotopic (exact) mass is 318 g/mol. The number of methoxy groups -OCH3 is 1. The van der Waals surface area contributed by atoms with Crippen molar-refractivity contribution in [3.05, 3.63) is 41.7 Å². The standard InChI is InChI=1S/C16H22N4OS/c1-5-20-10-15(12(3)19-20)11(2)17-16(22)18-13-6-8-14(21-4)9-7-13/h6-11H,5H2,1-4H3,(H2,17,18,22). The number of thiocarbonyl (C=S) groups is 1. The molecule has 0 aliphatic carbocycles. The van der Waals surface area contributed by atoms with Gasteiger partial charge in [-0.1, -0.05) is 0 Å². The number of nitrogens with zero attached hydrogens (tertiary/aromatic N) is 2. The number of aromatic nitrogens is 2. The second-order valence-electron chi connectivity index (χ2n) is 5.07. The first kappa shape index (κ1) is 16.3. The van der Waals surface area contributed by atoms with Crippen molar-refractivity contribution in [3.8, 4) is 5.75 Å². The van der Waals surface area contributed by atoms with Gasteiger partial charge in [-0.2, -0.15) is 5.10 Å². The number of hydrogen-bond donors (Lipinski definition) is 2. The summed E-state index contributed by atoms with van der Waals surface area (Å²) < 4.78 is 7.07. The molecule has 0 fully saturated rings. The summed E-state index contributed by atoms with van der Waals surface area (Å²) in [6.07, 6.45) is 2.06. The third kappa shape index (κ3) is 3.98. The lowest BCUT2D eigenvalue weighted by atomic mass is 10.1. The molecule has 22 heavy (non-hydrogen) atoms. The quantitative estimate of drug-likeness (QED) is 0.829. The fraction of sp³-hybridized carbons (Fsp3) is 0.375. The number of benzene rings is 1. The SMILES string of the molecule is CCn1cc(C(C)NC(=S)Nc2ccc(OC)cc2)c(C)n1. The zero-order valence-corrected chi connectivity index (χ0v) is 14.2. The van der Waals surface area contributed by atoms with Crippen LogP contribution in [0.2, 0.25) is 0 Å². The molecule has 118 valence electrons. The van der Waals surface area contributed by atoms with Crippen LogP contribution >= 0.6 is 12.2 Å². The topological polar surface area (TPSA) is 51.1 Å². The lowest BCUT2D eigenvalue weighted by molar-refractivity contribution is 0.415. The van der Waals surface area contributed by atoms with Crippen molar-refractivity contribution < 1.29 is 4.74 Å². The molecule has 2 N–H and O–H groups in total. The van der Waals surface area contributed by atoms with Gasteiger partial charge >= 0.3 is 0 Å². The molecule has 1 aromatic heterocycles. The van der Waals surface area contributed by atoms with Gasteiger partial charge in [-0.25, -0.2) is 0 Å². The van der Waals surface area contributed by atoms with Crippen LogP contribution in [0.5, 0.6) is 5.75 Å². The molecule has 0 amide bonds. The summed E-state index contributed by atoms with van der Waals surface area (Å²) in [5.74, 6) is 0.820. The Balaban J connectivity index is 1.96. The van der Waals surface area contributed by atoms with E-state index in [0.29, 0.717) is 5.11 Å². The van der Waals surface area contributed by atoms with Crippen LogP contribution in [-0.4, -0.2) is 22.0 Å². The zero-order chi connectivity index (χ0) is 16.1. The zero-order valence-electron chi connectivity index (χ0n) is 13.4. The normalized spacial score (nSPS) is 11.8. The Bertz CT molecular complexity index is 636. The van der Waals surface area contributed by atoms with Gasteiger partial charge in [-0.3, -0.25) is 4.68 Å². The number of anilines is 1. The summed E-state index contributed by atoms with van der Waals surface area (Å²) in [7, 11) is 1.65. The summed E-state index contributed by atoms with van der Waals surface area (Å²) >= 11 is 5.37. The van der Waals surface area contributed by atoms with E-state index in [2.05, 4.69) is 35.8 Å². The molecule has 0 aliphatic rings. The molecule has 1 aromatic carbocycles. The molecule has 1 unspecified atom stereocenters. The van der Waals surface area contributed by atoms with Crippen LogP contribution in [0.3, 0.4) is 0 Å². The van der Waals surface area contributed by atoms with E-state index in [1.807, 2.05) is 35.9 Å². The number of nitrogens with one attached hydrogen (secondary N) is 2. The Morgan fingerprint density at radius 1 is 1.36 bits per heavy atom. The third-order valence-electron chi connectivity index (χ3n) is 3.47. The average Bonchev–Trinajstić information content (AvgIpc) is 2.89. The maximum Gasteiger partial charge on any atom is 0.171 e. The predicted octanol–water partition coefficient (Wildman–Crippen LogP) is 3.27. The summed E-state index contributed by atoms with van der Waals surface area (Å²) in [5, 5.41) is 11.5. The van der Waals surface area contributed by atoms with E-state index in [4.69, 9.17) is 17.0 Å². The average molecular weight is 318 g/mol. The molecular weight excluding hydrogens is 296 g/mol. The molecule has 5 nitrogen and oxygen atoms in total. The predicted molar refractivity (Wildman–Crippen MR) is 93.4 cm³/mol. The summed E-state index contributed by atoms with van der Waals surface area (Å²) in [6.45, 7) is 7.03. The smallest absolute Gasteiger partial charge is 0.171 e. The van der Waals surface area contributed by atoms with Crippen molar-refractivity contribution in [2.24, 2.45) is 0 Å². The fourth-order valence-electron chi connectivity index (χ4n) is 2.24. The van der Waals surface area contributed by atoms with Crippen molar-refractivity contribution in [3.63, 3.8) is 0 Å². The van der Waals surface area contributed by atoms with Crippen LogP contribution in [0.1, 0.15) is 31.1 Å². The molecule has 1 atom stereocenters. The summed E-state index contributed by atoms with van der Waals surface area (Å²) in [6, 6.07) is 7.74. The van der Waals surface area contributed by atoms with Gasteiger partial charge in [0.05, 0.1) is 18.8 Å². The molecule has 2 rings (SSSR count). The van der Waals surface area contributed by atoms with Crippen molar-refractivity contribution in [1.82, 2.24) is 15.1 Å². The number of hydrogen-bond acceptors (Lipinski definition) is 3. The molecule has 2 aromatic rings. The second-order valence-corrected chi connectivity index (χ2v) is 5.48. The number of rotatable bonds is 5. The van der Waals surface area contributed by atoms with Gasteiger partial charge < -0.3 is 15.4 Å². The molecular formula is C16H22N4OS. The Kier molecular flexibility index (Phi) is 5.38. The molecule has 6 heteroatoms. The highest BCUT2D eigenvalue weighted by atomic mass is 32.1. The first-order chi connectivity index (χ1) is 10.5. The first-order valence-electron chi connectivity index (χ1n) is 7.29. The van der Waals surface area contributed by atoms with Crippen LogP contribution in [0, 0.1) is 6.92 Å². The van der Waals surface area contributed by atoms with Crippen molar-refractivity contribution in [2.45, 2.75) is 33.4 Å². The largest absolute Gasteiger partial charge is 0.497 e. The van der Waals surface area contributed by atoms with E-state index in [9.17, 15) is 0 Å². The Morgan fingerprint density at radius 3 is 2.59 bits per heavy atom. The van der Waals surface area contributed by atoms with E-state index in [-0.39, 0.29) is 6.04 Å². The van der Waals surface area contributed by atoms with E-state index in [0.717, 1.165) is 29.2 Å². The van der Waals surface area contributed by atoms with Gasteiger partial charge in [0.15, 0.2) is 5.11 Å². The molecule has 1 heterocycles. The number of aryl methyl sites for hydroxylation is 2. The van der Waals surface area contributed by atoms with E-state index in [1.165, 1.54) is 0 Å². The fourth-order valence-corrected chi connectivity index (χ4v) is 2.53. The van der Waals surface area contributed by atoms with Crippen molar-refractivity contribution in [1.29, 1.82) is 0 Å². The van der Waals surface area contributed by atoms with Crippen molar-refractivity contribution >= 4 is 23.0 Å². The molecule has 0 spiro atoms. The van der Waals surface area contributed by atoms with E-state index in [1.54, 1.807) is 7.11 Å². The van der Waals surface area contributed by atoms with Gasteiger partial charge in [0, 0.05) is 24.0 Å². The number of ether oxygens (including phenoxy) is 1. The first-order valence-corrected chi connectivity index (χ1v) is 7.69. The van der Waals surface area contributed by atoms with Crippen LogP contribution < -0.4 is 15.4 Å². The highest BCUT2D eigenvalue weighted by Gasteiger charge is 2.13. The molecule has 0 saturated heterocycles. The second kappa shape index (κ2) is 7.26. The van der Waals surface area contributed by atoms with E-state index < -0.39 is 0 Å². The molecule has 0 radical (unpaired) electrons. The van der Waals surface area contributed by atoms with Gasteiger partial charge in [-0.15, -0.1) is 0 Å². The van der Waals surface area contributed by atoms with Crippen molar-refractivity contribution in [2.75, 3.05) is 12.4 Å².